The summed E-state index contributed by atoms with van der Waals surface area (Å²) in [5.74, 6) is -0.145. The van der Waals surface area contributed by atoms with Gasteiger partial charge in [-0.05, 0) is 54.4 Å². The fourth-order valence-electron chi connectivity index (χ4n) is 4.39. The van der Waals surface area contributed by atoms with Gasteiger partial charge in [0.15, 0.2) is 10.6 Å². The van der Waals surface area contributed by atoms with Crippen LogP contribution in [0.2, 0.25) is 0 Å². The smallest absolute Gasteiger partial charge is 0.297 e. The molecule has 3 aromatic carbocycles. The largest absolute Gasteiger partial charge is 0.494 e. The lowest BCUT2D eigenvalue weighted by Gasteiger charge is -2.22. The first kappa shape index (κ1) is 21.5. The molecule has 5 aromatic rings. The predicted octanol–water partition coefficient (Wildman–Crippen LogP) is 6.08. The third-order valence-corrected chi connectivity index (χ3v) is 7.01. The zero-order valence-corrected chi connectivity index (χ0v) is 19.5. The van der Waals surface area contributed by atoms with Crippen LogP contribution < -0.4 is 15.1 Å². The molecule has 35 heavy (non-hydrogen) atoms. The van der Waals surface area contributed by atoms with Crippen molar-refractivity contribution in [3.05, 3.63) is 99.7 Å². The maximum absolute atomic E-state index is 13.8. The number of fused-ring (bicyclic) bond motifs is 3. The topological polar surface area (TPSA) is 72.6 Å². The quantitative estimate of drug-likeness (QED) is 0.301. The minimum atomic E-state index is -0.746. The number of carbonyl (C=O) groups excluding carboxylic acids is 1. The normalized spacial score (nSPS) is 15.2. The molecule has 0 saturated heterocycles. The van der Waals surface area contributed by atoms with Gasteiger partial charge >= 0.3 is 0 Å². The van der Waals surface area contributed by atoms with E-state index in [1.807, 2.05) is 31.2 Å². The summed E-state index contributed by atoms with van der Waals surface area (Å²) >= 11 is 1.19. The second-order valence-electron chi connectivity index (χ2n) is 8.27. The molecular formula is C27H19FN2O4S. The number of hydrogen-bond acceptors (Lipinski definition) is 6. The van der Waals surface area contributed by atoms with Crippen LogP contribution in [-0.2, 0) is 0 Å². The number of rotatable bonds is 5. The average Bonchev–Trinajstić information content (AvgIpc) is 3.41. The molecule has 0 radical (unpaired) electrons. The Morgan fingerprint density at radius 2 is 1.89 bits per heavy atom. The number of nitrogens with zero attached hydrogens (tertiary/aromatic N) is 2. The van der Waals surface area contributed by atoms with E-state index in [9.17, 15) is 14.0 Å². The van der Waals surface area contributed by atoms with Crippen LogP contribution in [0.4, 0.5) is 9.52 Å². The van der Waals surface area contributed by atoms with Gasteiger partial charge in [0, 0.05) is 0 Å². The maximum Gasteiger partial charge on any atom is 0.297 e. The highest BCUT2D eigenvalue weighted by atomic mass is 32.1. The second-order valence-corrected chi connectivity index (χ2v) is 9.28. The summed E-state index contributed by atoms with van der Waals surface area (Å²) in [6.07, 6.45) is 0.881. The van der Waals surface area contributed by atoms with Gasteiger partial charge in [-0.1, -0.05) is 42.5 Å². The van der Waals surface area contributed by atoms with Gasteiger partial charge in [-0.2, -0.15) is 0 Å². The lowest BCUT2D eigenvalue weighted by molar-refractivity contribution is 0.0971. The van der Waals surface area contributed by atoms with Crippen molar-refractivity contribution in [1.29, 1.82) is 0 Å². The van der Waals surface area contributed by atoms with Gasteiger partial charge in [-0.3, -0.25) is 14.5 Å². The van der Waals surface area contributed by atoms with E-state index < -0.39 is 11.9 Å². The minimum Gasteiger partial charge on any atom is -0.494 e. The molecule has 0 bridgehead atoms. The van der Waals surface area contributed by atoms with Crippen molar-refractivity contribution in [3.63, 3.8) is 0 Å². The molecule has 1 aliphatic rings. The molecule has 6 rings (SSSR count). The molecule has 1 aliphatic heterocycles. The van der Waals surface area contributed by atoms with Crippen molar-refractivity contribution < 1.29 is 18.3 Å². The Bertz CT molecular complexity index is 1660. The van der Waals surface area contributed by atoms with Crippen LogP contribution >= 0.6 is 11.3 Å². The molecule has 2 aromatic heterocycles. The summed E-state index contributed by atoms with van der Waals surface area (Å²) < 4.78 is 26.1. The first-order chi connectivity index (χ1) is 17.0. The number of anilines is 1. The van der Waals surface area contributed by atoms with Crippen LogP contribution in [0.1, 0.15) is 41.1 Å². The lowest BCUT2D eigenvalue weighted by Crippen LogP contribution is -2.29. The van der Waals surface area contributed by atoms with E-state index in [-0.39, 0.29) is 22.6 Å². The van der Waals surface area contributed by atoms with E-state index >= 15 is 0 Å². The lowest BCUT2D eigenvalue weighted by atomic mass is 9.98. The van der Waals surface area contributed by atoms with Gasteiger partial charge in [0.05, 0.1) is 33.8 Å². The molecule has 174 valence electrons. The molecular weight excluding hydrogens is 467 g/mol. The van der Waals surface area contributed by atoms with Crippen LogP contribution in [0.15, 0.2) is 75.9 Å². The Kier molecular flexibility index (Phi) is 5.11. The van der Waals surface area contributed by atoms with E-state index in [1.165, 1.54) is 28.4 Å². The maximum atomic E-state index is 13.8. The predicted molar refractivity (Wildman–Crippen MR) is 133 cm³/mol. The molecule has 1 atom stereocenters. The first-order valence-electron chi connectivity index (χ1n) is 11.2. The zero-order valence-electron chi connectivity index (χ0n) is 18.7. The van der Waals surface area contributed by atoms with Crippen LogP contribution in [0.25, 0.3) is 21.2 Å². The van der Waals surface area contributed by atoms with Crippen LogP contribution in [-0.4, -0.2) is 17.5 Å². The molecule has 0 saturated carbocycles. The molecule has 6 nitrogen and oxygen atoms in total. The molecule has 0 aliphatic carbocycles. The van der Waals surface area contributed by atoms with Crippen LogP contribution in [0.3, 0.4) is 0 Å². The first-order valence-corrected chi connectivity index (χ1v) is 12.0. The number of halogens is 1. The highest BCUT2D eigenvalue weighted by Crippen LogP contribution is 2.43. The van der Waals surface area contributed by atoms with E-state index in [0.717, 1.165) is 6.42 Å². The molecule has 0 spiro atoms. The Morgan fingerprint density at radius 3 is 2.69 bits per heavy atom. The van der Waals surface area contributed by atoms with Crippen molar-refractivity contribution in [2.45, 2.75) is 19.4 Å². The van der Waals surface area contributed by atoms with Crippen molar-refractivity contribution in [2.75, 3.05) is 11.5 Å². The van der Waals surface area contributed by atoms with Crippen LogP contribution in [0.5, 0.6) is 5.75 Å². The third-order valence-electron chi connectivity index (χ3n) is 5.99. The molecule has 3 heterocycles. The molecule has 0 N–H and O–H groups in total. The number of carbonyl (C=O) groups is 1. The number of ether oxygens (including phenoxy) is 1. The monoisotopic (exact) mass is 486 g/mol. The number of thiazole rings is 1. The Balaban J connectivity index is 1.56. The molecule has 0 fully saturated rings. The third kappa shape index (κ3) is 3.49. The standard InChI is InChI=1S/C27H19FN2O4S/c1-2-13-33-17-10-7-15(8-11-17)23-22-24(31)18-5-3-4-6-20(18)34-25(22)26(32)30(23)27-29-19-12-9-16(28)14-21(19)35-27/h3-12,14,23H,2,13H2,1H3. The van der Waals surface area contributed by atoms with E-state index in [1.54, 1.807) is 30.3 Å². The van der Waals surface area contributed by atoms with Gasteiger partial charge in [0.2, 0.25) is 5.76 Å². The van der Waals surface area contributed by atoms with Crippen molar-refractivity contribution in [3.8, 4) is 5.75 Å². The van der Waals surface area contributed by atoms with Gasteiger partial charge in [0.1, 0.15) is 17.1 Å². The fourth-order valence-corrected chi connectivity index (χ4v) is 5.41. The molecule has 8 heteroatoms. The van der Waals surface area contributed by atoms with Crippen molar-refractivity contribution in [2.24, 2.45) is 0 Å². The molecule has 1 unspecified atom stereocenters. The number of benzene rings is 3. The Labute approximate surface area is 203 Å². The highest BCUT2D eigenvalue weighted by molar-refractivity contribution is 7.22. The number of para-hydroxylation sites is 1. The Morgan fingerprint density at radius 1 is 1.09 bits per heavy atom. The van der Waals surface area contributed by atoms with E-state index in [4.69, 9.17) is 9.15 Å². The van der Waals surface area contributed by atoms with Gasteiger partial charge in [0.25, 0.3) is 5.91 Å². The fraction of sp³-hybridized carbons (Fsp3) is 0.148. The zero-order chi connectivity index (χ0) is 24.1. The summed E-state index contributed by atoms with van der Waals surface area (Å²) in [6, 6.07) is 17.7. The number of hydrogen-bond donors (Lipinski definition) is 0. The summed E-state index contributed by atoms with van der Waals surface area (Å²) in [6.45, 7) is 2.62. The average molecular weight is 487 g/mol. The van der Waals surface area contributed by atoms with E-state index in [0.29, 0.717) is 44.2 Å². The van der Waals surface area contributed by atoms with Gasteiger partial charge in [-0.15, -0.1) is 0 Å². The second kappa shape index (κ2) is 8.32. The van der Waals surface area contributed by atoms with Gasteiger partial charge in [-0.25, -0.2) is 9.37 Å². The minimum absolute atomic E-state index is 0.00422. The van der Waals surface area contributed by atoms with E-state index in [2.05, 4.69) is 4.98 Å². The highest BCUT2D eigenvalue weighted by Gasteiger charge is 2.45. The Hall–Kier alpha value is -4.04. The van der Waals surface area contributed by atoms with Gasteiger partial charge < -0.3 is 9.15 Å². The van der Waals surface area contributed by atoms with Crippen LogP contribution in [0, 0.1) is 5.82 Å². The summed E-state index contributed by atoms with van der Waals surface area (Å²) in [7, 11) is 0. The van der Waals surface area contributed by atoms with Crippen molar-refractivity contribution >= 4 is 43.6 Å². The number of amides is 1. The SMILES string of the molecule is CCCOc1ccc(C2c3c(oc4ccccc4c3=O)C(=O)N2c2nc3ccc(F)cc3s2)cc1. The number of aromatic nitrogens is 1. The summed E-state index contributed by atoms with van der Waals surface area (Å²) in [5.41, 5.74) is 1.64. The summed E-state index contributed by atoms with van der Waals surface area (Å²) in [4.78, 5) is 33.4. The summed E-state index contributed by atoms with van der Waals surface area (Å²) in [5, 5.41) is 0.766. The molecule has 1 amide bonds. The van der Waals surface area contributed by atoms with Crippen molar-refractivity contribution in [1.82, 2.24) is 4.98 Å².